The van der Waals surface area contributed by atoms with Crippen LogP contribution in [0, 0.1) is 12.3 Å². The second-order valence-corrected chi connectivity index (χ2v) is 3.33. The third-order valence-electron chi connectivity index (χ3n) is 2.23. The molecule has 3 nitrogen and oxygen atoms in total. The largest absolute Gasteiger partial charge is 0.363 e. The lowest BCUT2D eigenvalue weighted by Crippen LogP contribution is -2.37. The van der Waals surface area contributed by atoms with Crippen LogP contribution < -0.4 is 10.2 Å². The summed E-state index contributed by atoms with van der Waals surface area (Å²) in [6.07, 6.45) is 5.07. The summed E-state index contributed by atoms with van der Waals surface area (Å²) in [6, 6.07) is 9.83. The van der Waals surface area contributed by atoms with Crippen LogP contribution in [0.3, 0.4) is 0 Å². The van der Waals surface area contributed by atoms with E-state index in [0.29, 0.717) is 6.54 Å². The first-order chi connectivity index (χ1) is 7.77. The summed E-state index contributed by atoms with van der Waals surface area (Å²) in [6.45, 7) is 3.42. The van der Waals surface area contributed by atoms with Crippen molar-refractivity contribution in [3.05, 3.63) is 30.3 Å². The summed E-state index contributed by atoms with van der Waals surface area (Å²) in [4.78, 5) is 13.5. The highest BCUT2D eigenvalue weighted by Gasteiger charge is 2.08. The lowest BCUT2D eigenvalue weighted by molar-refractivity contribution is -0.119. The van der Waals surface area contributed by atoms with Gasteiger partial charge in [0.05, 0.1) is 13.1 Å². The zero-order valence-electron chi connectivity index (χ0n) is 9.44. The average molecular weight is 216 g/mol. The quantitative estimate of drug-likeness (QED) is 0.752. The summed E-state index contributed by atoms with van der Waals surface area (Å²) in [7, 11) is 0. The fourth-order valence-corrected chi connectivity index (χ4v) is 1.40. The Morgan fingerprint density at radius 3 is 2.69 bits per heavy atom. The minimum Gasteiger partial charge on any atom is -0.363 e. The van der Waals surface area contributed by atoms with Crippen LogP contribution >= 0.6 is 0 Å². The minimum atomic E-state index is -0.0522. The molecule has 0 radical (unpaired) electrons. The van der Waals surface area contributed by atoms with Crippen molar-refractivity contribution in [1.29, 1.82) is 0 Å². The first kappa shape index (κ1) is 12.1. The third kappa shape index (κ3) is 3.66. The van der Waals surface area contributed by atoms with Gasteiger partial charge >= 0.3 is 0 Å². The topological polar surface area (TPSA) is 32.3 Å². The molecule has 1 amide bonds. The Labute approximate surface area is 96.5 Å². The highest BCUT2D eigenvalue weighted by atomic mass is 16.2. The SMILES string of the molecule is C#CCNC(=O)CN(CC)c1ccccc1. The van der Waals surface area contributed by atoms with Gasteiger partial charge < -0.3 is 10.2 Å². The van der Waals surface area contributed by atoms with Crippen LogP contribution in [0.1, 0.15) is 6.92 Å². The van der Waals surface area contributed by atoms with Crippen LogP contribution in [-0.4, -0.2) is 25.5 Å². The maximum Gasteiger partial charge on any atom is 0.240 e. The van der Waals surface area contributed by atoms with Crippen molar-refractivity contribution in [2.75, 3.05) is 24.5 Å². The van der Waals surface area contributed by atoms with E-state index in [1.807, 2.05) is 42.2 Å². The molecule has 0 bridgehead atoms. The molecule has 1 aromatic carbocycles. The van der Waals surface area contributed by atoms with E-state index in [0.717, 1.165) is 12.2 Å². The highest BCUT2D eigenvalue weighted by Crippen LogP contribution is 2.11. The van der Waals surface area contributed by atoms with E-state index < -0.39 is 0 Å². The van der Waals surface area contributed by atoms with Crippen molar-refractivity contribution in [2.24, 2.45) is 0 Å². The van der Waals surface area contributed by atoms with E-state index >= 15 is 0 Å². The molecule has 3 heteroatoms. The minimum absolute atomic E-state index is 0.0522. The molecule has 84 valence electrons. The smallest absolute Gasteiger partial charge is 0.240 e. The number of para-hydroxylation sites is 1. The van der Waals surface area contributed by atoms with E-state index in [4.69, 9.17) is 6.42 Å². The third-order valence-corrected chi connectivity index (χ3v) is 2.23. The maximum atomic E-state index is 11.5. The predicted molar refractivity (Wildman–Crippen MR) is 66.2 cm³/mol. The summed E-state index contributed by atoms with van der Waals surface area (Å²) in [5, 5.41) is 2.65. The monoisotopic (exact) mass is 216 g/mol. The number of nitrogens with one attached hydrogen (secondary N) is 1. The van der Waals surface area contributed by atoms with Gasteiger partial charge in [-0.2, -0.15) is 0 Å². The van der Waals surface area contributed by atoms with Crippen molar-refractivity contribution in [3.63, 3.8) is 0 Å². The number of carbonyl (C=O) groups is 1. The maximum absolute atomic E-state index is 11.5. The van der Waals surface area contributed by atoms with Crippen LogP contribution in [0.25, 0.3) is 0 Å². The van der Waals surface area contributed by atoms with Gasteiger partial charge in [0.25, 0.3) is 0 Å². The number of carbonyl (C=O) groups excluding carboxylic acids is 1. The molecule has 0 aliphatic carbocycles. The number of anilines is 1. The summed E-state index contributed by atoms with van der Waals surface area (Å²) < 4.78 is 0. The Morgan fingerprint density at radius 2 is 2.12 bits per heavy atom. The van der Waals surface area contributed by atoms with Crippen molar-refractivity contribution >= 4 is 11.6 Å². The van der Waals surface area contributed by atoms with Gasteiger partial charge in [-0.1, -0.05) is 24.1 Å². The van der Waals surface area contributed by atoms with Gasteiger partial charge in [-0.3, -0.25) is 4.79 Å². The van der Waals surface area contributed by atoms with Gasteiger partial charge in [-0.15, -0.1) is 6.42 Å². The molecule has 16 heavy (non-hydrogen) atoms. The van der Waals surface area contributed by atoms with Crippen molar-refractivity contribution in [3.8, 4) is 12.3 Å². The van der Waals surface area contributed by atoms with E-state index in [2.05, 4.69) is 11.2 Å². The molecule has 0 aromatic heterocycles. The number of rotatable bonds is 5. The number of hydrogen-bond donors (Lipinski definition) is 1. The van der Waals surface area contributed by atoms with Gasteiger partial charge in [0.2, 0.25) is 5.91 Å². The Kier molecular flexibility index (Phi) is 4.94. The second kappa shape index (κ2) is 6.52. The molecule has 0 aliphatic rings. The van der Waals surface area contributed by atoms with Crippen molar-refractivity contribution < 1.29 is 4.79 Å². The van der Waals surface area contributed by atoms with E-state index in [9.17, 15) is 4.79 Å². The summed E-state index contributed by atoms with van der Waals surface area (Å²) >= 11 is 0. The molecule has 1 rings (SSSR count). The van der Waals surface area contributed by atoms with Crippen LogP contribution in [-0.2, 0) is 4.79 Å². The first-order valence-electron chi connectivity index (χ1n) is 5.28. The number of likely N-dealkylation sites (N-methyl/N-ethyl adjacent to an activating group) is 1. The highest BCUT2D eigenvalue weighted by molar-refractivity contribution is 5.81. The number of hydrogen-bond acceptors (Lipinski definition) is 2. The van der Waals surface area contributed by atoms with Crippen molar-refractivity contribution in [1.82, 2.24) is 5.32 Å². The van der Waals surface area contributed by atoms with Gasteiger partial charge in [-0.05, 0) is 19.1 Å². The molecular formula is C13H16N2O. The molecular weight excluding hydrogens is 200 g/mol. The lowest BCUT2D eigenvalue weighted by Gasteiger charge is -2.22. The molecule has 1 N–H and O–H groups in total. The van der Waals surface area contributed by atoms with Gasteiger partial charge in [0.15, 0.2) is 0 Å². The fourth-order valence-electron chi connectivity index (χ4n) is 1.40. The molecule has 0 fully saturated rings. The van der Waals surface area contributed by atoms with Gasteiger partial charge in [0, 0.05) is 12.2 Å². The van der Waals surface area contributed by atoms with Crippen LogP contribution in [0.4, 0.5) is 5.69 Å². The molecule has 1 aromatic rings. The molecule has 0 atom stereocenters. The lowest BCUT2D eigenvalue weighted by atomic mass is 10.3. The summed E-state index contributed by atoms with van der Waals surface area (Å²) in [5.74, 6) is 2.33. The zero-order valence-corrected chi connectivity index (χ0v) is 9.44. The number of terminal acetylenes is 1. The first-order valence-corrected chi connectivity index (χ1v) is 5.28. The van der Waals surface area contributed by atoms with Gasteiger partial charge in [0.1, 0.15) is 0 Å². The van der Waals surface area contributed by atoms with Crippen LogP contribution in [0.15, 0.2) is 30.3 Å². The zero-order chi connectivity index (χ0) is 11.8. The number of benzene rings is 1. The molecule has 0 unspecified atom stereocenters. The van der Waals surface area contributed by atoms with Crippen LogP contribution in [0.5, 0.6) is 0 Å². The molecule has 0 spiro atoms. The normalized spacial score (nSPS) is 9.25. The van der Waals surface area contributed by atoms with E-state index in [-0.39, 0.29) is 12.5 Å². The Morgan fingerprint density at radius 1 is 1.44 bits per heavy atom. The fraction of sp³-hybridized carbons (Fsp3) is 0.308. The number of amides is 1. The Hall–Kier alpha value is -1.95. The van der Waals surface area contributed by atoms with Crippen LogP contribution in [0.2, 0.25) is 0 Å². The number of nitrogens with zero attached hydrogens (tertiary/aromatic N) is 1. The Balaban J connectivity index is 2.57. The molecule has 0 heterocycles. The summed E-state index contributed by atoms with van der Waals surface area (Å²) in [5.41, 5.74) is 1.04. The standard InChI is InChI=1S/C13H16N2O/c1-3-10-14-13(16)11-15(4-2)12-8-6-5-7-9-12/h1,5-9H,4,10-11H2,2H3,(H,14,16). The predicted octanol–water partition coefficient (Wildman–Crippen LogP) is 1.26. The molecule has 0 aliphatic heterocycles. The van der Waals surface area contributed by atoms with Gasteiger partial charge in [-0.25, -0.2) is 0 Å². The van der Waals surface area contributed by atoms with E-state index in [1.54, 1.807) is 0 Å². The van der Waals surface area contributed by atoms with E-state index in [1.165, 1.54) is 0 Å². The Bertz CT molecular complexity index is 367. The second-order valence-electron chi connectivity index (χ2n) is 3.33. The average Bonchev–Trinajstić information content (AvgIpc) is 2.34. The van der Waals surface area contributed by atoms with Crippen molar-refractivity contribution in [2.45, 2.75) is 6.92 Å². The molecule has 0 saturated carbocycles. The molecule has 0 saturated heterocycles.